The van der Waals surface area contributed by atoms with E-state index in [1.165, 1.54) is 23.5 Å². The monoisotopic (exact) mass is 369 g/mol. The number of aromatic nitrogens is 2. The predicted molar refractivity (Wildman–Crippen MR) is 91.9 cm³/mol. The number of sulfonamides is 1. The van der Waals surface area contributed by atoms with Crippen molar-refractivity contribution in [3.63, 3.8) is 0 Å². The summed E-state index contributed by atoms with van der Waals surface area (Å²) in [6.45, 7) is 0.973. The molecule has 1 fully saturated rings. The molecule has 2 heterocycles. The van der Waals surface area contributed by atoms with Crippen molar-refractivity contribution in [3.8, 4) is 5.75 Å². The number of methoxy groups -OCH3 is 1. The van der Waals surface area contributed by atoms with E-state index in [-0.39, 0.29) is 10.8 Å². The lowest BCUT2D eigenvalue weighted by atomic mass is 9.94. The molecule has 6 nitrogen and oxygen atoms in total. The van der Waals surface area contributed by atoms with Gasteiger partial charge in [0, 0.05) is 32.3 Å². The minimum absolute atomic E-state index is 0.163. The number of hydrogen-bond donors (Lipinski definition) is 0. The molecule has 1 unspecified atom stereocenters. The second kappa shape index (κ2) is 6.74. The Balaban J connectivity index is 1.85. The fourth-order valence-electron chi connectivity index (χ4n) is 3.04. The summed E-state index contributed by atoms with van der Waals surface area (Å²) in [6.07, 6.45) is 5.54. The van der Waals surface area contributed by atoms with Crippen molar-refractivity contribution < 1.29 is 13.2 Å². The van der Waals surface area contributed by atoms with Crippen LogP contribution in [0, 0.1) is 0 Å². The molecule has 0 amide bonds. The lowest BCUT2D eigenvalue weighted by molar-refractivity contribution is 0.315. The molecule has 24 heavy (non-hydrogen) atoms. The molecule has 1 saturated heterocycles. The predicted octanol–water partition coefficient (Wildman–Crippen LogP) is 2.65. The number of nitrogens with zero attached hydrogens (tertiary/aromatic N) is 3. The fraction of sp³-hybridized carbons (Fsp3) is 0.438. The second-order valence-electron chi connectivity index (χ2n) is 5.95. The summed E-state index contributed by atoms with van der Waals surface area (Å²) in [5.74, 6) is 0.624. The van der Waals surface area contributed by atoms with Crippen LogP contribution in [0.1, 0.15) is 24.3 Å². The molecule has 0 radical (unpaired) electrons. The Hall–Kier alpha value is -1.57. The van der Waals surface area contributed by atoms with Gasteiger partial charge in [0.05, 0.1) is 23.2 Å². The molecule has 0 aliphatic carbocycles. The highest BCUT2D eigenvalue weighted by Gasteiger charge is 2.31. The standard InChI is InChI=1S/C16H20ClN3O3S/c1-19-10-13(9-18-19)12-4-3-7-20(11-12)24(21,22)14-5-6-16(23-2)15(17)8-14/h5-6,8-10,12H,3-4,7,11H2,1-2H3. The van der Waals surface area contributed by atoms with Gasteiger partial charge in [-0.25, -0.2) is 8.42 Å². The fourth-order valence-corrected chi connectivity index (χ4v) is 4.91. The number of rotatable bonds is 4. The summed E-state index contributed by atoms with van der Waals surface area (Å²) < 4.78 is 34.2. The minimum atomic E-state index is -3.58. The number of benzene rings is 1. The van der Waals surface area contributed by atoms with Crippen LogP contribution in [0.3, 0.4) is 0 Å². The minimum Gasteiger partial charge on any atom is -0.495 e. The Kier molecular flexibility index (Phi) is 4.85. The van der Waals surface area contributed by atoms with Crippen LogP contribution in [0.15, 0.2) is 35.5 Å². The first kappa shape index (κ1) is 17.3. The maximum atomic E-state index is 12.9. The first-order valence-electron chi connectivity index (χ1n) is 7.74. The lowest BCUT2D eigenvalue weighted by Crippen LogP contribution is -2.39. The molecule has 3 rings (SSSR count). The largest absolute Gasteiger partial charge is 0.495 e. The van der Waals surface area contributed by atoms with Crippen LogP contribution in [-0.4, -0.2) is 42.7 Å². The van der Waals surface area contributed by atoms with E-state index in [1.54, 1.807) is 10.7 Å². The van der Waals surface area contributed by atoms with Crippen molar-refractivity contribution in [2.75, 3.05) is 20.2 Å². The summed E-state index contributed by atoms with van der Waals surface area (Å²) in [7, 11) is -0.218. The quantitative estimate of drug-likeness (QED) is 0.831. The molecule has 1 aromatic heterocycles. The molecule has 0 N–H and O–H groups in total. The van der Waals surface area contributed by atoms with Gasteiger partial charge in [0.2, 0.25) is 10.0 Å². The van der Waals surface area contributed by atoms with Gasteiger partial charge in [0.15, 0.2) is 0 Å². The molecule has 1 aliphatic rings. The van der Waals surface area contributed by atoms with Crippen molar-refractivity contribution in [1.82, 2.24) is 14.1 Å². The van der Waals surface area contributed by atoms with Gasteiger partial charge in [0.25, 0.3) is 0 Å². The Morgan fingerprint density at radius 3 is 2.79 bits per heavy atom. The van der Waals surface area contributed by atoms with Gasteiger partial charge >= 0.3 is 0 Å². The zero-order valence-corrected chi connectivity index (χ0v) is 15.2. The molecular formula is C16H20ClN3O3S. The van der Waals surface area contributed by atoms with Crippen LogP contribution in [0.5, 0.6) is 5.75 Å². The van der Waals surface area contributed by atoms with Crippen LogP contribution in [0.25, 0.3) is 0 Å². The number of ether oxygens (including phenoxy) is 1. The average Bonchev–Trinajstić information content (AvgIpc) is 3.01. The number of halogens is 1. The van der Waals surface area contributed by atoms with Crippen molar-refractivity contribution in [1.29, 1.82) is 0 Å². The summed E-state index contributed by atoms with van der Waals surface area (Å²) >= 11 is 6.08. The molecule has 1 atom stereocenters. The number of hydrogen-bond acceptors (Lipinski definition) is 4. The third-order valence-electron chi connectivity index (χ3n) is 4.34. The lowest BCUT2D eigenvalue weighted by Gasteiger charge is -2.31. The maximum absolute atomic E-state index is 12.9. The Bertz CT molecular complexity index is 835. The Labute approximate surface area is 147 Å². The summed E-state index contributed by atoms with van der Waals surface area (Å²) in [5, 5.41) is 4.48. The Morgan fingerprint density at radius 1 is 1.38 bits per heavy atom. The zero-order chi connectivity index (χ0) is 17.3. The second-order valence-corrected chi connectivity index (χ2v) is 8.29. The molecular weight excluding hydrogens is 350 g/mol. The Morgan fingerprint density at radius 2 is 2.17 bits per heavy atom. The smallest absolute Gasteiger partial charge is 0.243 e. The van der Waals surface area contributed by atoms with Crippen LogP contribution >= 0.6 is 11.6 Å². The summed E-state index contributed by atoms with van der Waals surface area (Å²) in [6, 6.07) is 4.56. The molecule has 1 aliphatic heterocycles. The molecule has 8 heteroatoms. The van der Waals surface area contributed by atoms with E-state index >= 15 is 0 Å². The summed E-state index contributed by atoms with van der Waals surface area (Å²) in [4.78, 5) is 0.195. The third kappa shape index (κ3) is 3.29. The van der Waals surface area contributed by atoms with Crippen LogP contribution in [0.4, 0.5) is 0 Å². The van der Waals surface area contributed by atoms with E-state index in [4.69, 9.17) is 16.3 Å². The van der Waals surface area contributed by atoms with Gasteiger partial charge in [-0.3, -0.25) is 4.68 Å². The van der Waals surface area contributed by atoms with E-state index in [1.807, 2.05) is 19.4 Å². The molecule has 0 bridgehead atoms. The maximum Gasteiger partial charge on any atom is 0.243 e. The third-order valence-corrected chi connectivity index (χ3v) is 6.50. The van der Waals surface area contributed by atoms with Crippen molar-refractivity contribution >= 4 is 21.6 Å². The normalized spacial score (nSPS) is 19.4. The molecule has 130 valence electrons. The van der Waals surface area contributed by atoms with Gasteiger partial charge < -0.3 is 4.74 Å². The van der Waals surface area contributed by atoms with Gasteiger partial charge in [-0.05, 0) is 36.6 Å². The summed E-state index contributed by atoms with van der Waals surface area (Å²) in [5.41, 5.74) is 1.07. The van der Waals surface area contributed by atoms with E-state index in [2.05, 4.69) is 5.10 Å². The highest BCUT2D eigenvalue weighted by molar-refractivity contribution is 7.89. The van der Waals surface area contributed by atoms with Crippen molar-refractivity contribution in [2.24, 2.45) is 7.05 Å². The van der Waals surface area contributed by atoms with Gasteiger partial charge in [-0.2, -0.15) is 9.40 Å². The van der Waals surface area contributed by atoms with Gasteiger partial charge in [-0.1, -0.05) is 11.6 Å². The molecule has 0 spiro atoms. The van der Waals surface area contributed by atoms with E-state index in [0.29, 0.717) is 23.9 Å². The number of aryl methyl sites for hydroxylation is 1. The van der Waals surface area contributed by atoms with Gasteiger partial charge in [0.1, 0.15) is 5.75 Å². The van der Waals surface area contributed by atoms with E-state index in [9.17, 15) is 8.42 Å². The SMILES string of the molecule is COc1ccc(S(=O)(=O)N2CCCC(c3cnn(C)c3)C2)cc1Cl. The topological polar surface area (TPSA) is 64.4 Å². The van der Waals surface area contributed by atoms with Crippen molar-refractivity contribution in [2.45, 2.75) is 23.7 Å². The first-order valence-corrected chi connectivity index (χ1v) is 9.56. The highest BCUT2D eigenvalue weighted by atomic mass is 35.5. The van der Waals surface area contributed by atoms with Crippen molar-refractivity contribution in [3.05, 3.63) is 41.2 Å². The molecule has 1 aromatic carbocycles. The molecule has 2 aromatic rings. The van der Waals surface area contributed by atoms with Crippen LogP contribution < -0.4 is 4.74 Å². The van der Waals surface area contributed by atoms with Gasteiger partial charge in [-0.15, -0.1) is 0 Å². The number of piperidine rings is 1. The zero-order valence-electron chi connectivity index (χ0n) is 13.6. The van der Waals surface area contributed by atoms with Crippen LogP contribution in [0.2, 0.25) is 5.02 Å². The molecule has 0 saturated carbocycles. The first-order chi connectivity index (χ1) is 11.4. The van der Waals surface area contributed by atoms with Crippen LogP contribution in [-0.2, 0) is 17.1 Å². The van der Waals surface area contributed by atoms with E-state index < -0.39 is 10.0 Å². The average molecular weight is 370 g/mol. The van der Waals surface area contributed by atoms with E-state index in [0.717, 1.165) is 18.4 Å². The highest BCUT2D eigenvalue weighted by Crippen LogP contribution is 2.32.